The van der Waals surface area contributed by atoms with Crippen LogP contribution in [0.2, 0.25) is 0 Å². The predicted molar refractivity (Wildman–Crippen MR) is 103 cm³/mol. The van der Waals surface area contributed by atoms with Gasteiger partial charge in [-0.05, 0) is 85.3 Å². The number of hydrogen-bond acceptors (Lipinski definition) is 2. The Bertz CT molecular complexity index is 532. The molecule has 5 atom stereocenters. The van der Waals surface area contributed by atoms with Gasteiger partial charge in [0.25, 0.3) is 0 Å². The molecule has 0 aromatic heterocycles. The van der Waals surface area contributed by atoms with Crippen molar-refractivity contribution in [3.63, 3.8) is 0 Å². The van der Waals surface area contributed by atoms with Crippen molar-refractivity contribution in [2.24, 2.45) is 46.0 Å². The van der Waals surface area contributed by atoms with Crippen LogP contribution < -0.4 is 11.5 Å². The average molecular weight is 331 g/mol. The van der Waals surface area contributed by atoms with Gasteiger partial charge in [-0.25, -0.2) is 0 Å². The maximum absolute atomic E-state index is 6.26. The first-order chi connectivity index (χ1) is 11.4. The quantitative estimate of drug-likeness (QED) is 0.788. The van der Waals surface area contributed by atoms with Crippen LogP contribution in [0.15, 0.2) is 23.3 Å². The lowest BCUT2D eigenvalue weighted by Crippen LogP contribution is -2.53. The lowest BCUT2D eigenvalue weighted by Gasteiger charge is -2.59. The van der Waals surface area contributed by atoms with Crippen LogP contribution in [-0.2, 0) is 0 Å². The average Bonchev–Trinajstić information content (AvgIpc) is 2.54. The molecule has 3 aliphatic carbocycles. The number of hydrogen-bond donors (Lipinski definition) is 2. The third kappa shape index (κ3) is 2.80. The van der Waals surface area contributed by atoms with E-state index in [0.717, 1.165) is 25.4 Å². The Morgan fingerprint density at radius 3 is 2.58 bits per heavy atom. The minimum atomic E-state index is 0.320. The van der Waals surface area contributed by atoms with Crippen molar-refractivity contribution in [3.8, 4) is 0 Å². The van der Waals surface area contributed by atoms with Crippen molar-refractivity contribution in [3.05, 3.63) is 23.3 Å². The van der Waals surface area contributed by atoms with E-state index < -0.39 is 0 Å². The Hall–Kier alpha value is -0.600. The summed E-state index contributed by atoms with van der Waals surface area (Å²) in [5, 5.41) is 0. The second-order valence-corrected chi connectivity index (χ2v) is 9.57. The van der Waals surface area contributed by atoms with Gasteiger partial charge in [-0.2, -0.15) is 0 Å². The molecule has 2 nitrogen and oxygen atoms in total. The Kier molecular flexibility index (Phi) is 5.01. The predicted octanol–water partition coefficient (Wildman–Crippen LogP) is 4.66. The molecule has 0 saturated heterocycles. The van der Waals surface area contributed by atoms with Gasteiger partial charge in [-0.15, -0.1) is 0 Å². The third-order valence-corrected chi connectivity index (χ3v) is 7.86. The zero-order valence-electron chi connectivity index (χ0n) is 16.3. The summed E-state index contributed by atoms with van der Waals surface area (Å²) in [7, 11) is 0. The van der Waals surface area contributed by atoms with Crippen LogP contribution in [0.25, 0.3) is 0 Å². The molecule has 24 heavy (non-hydrogen) atoms. The molecule has 0 heterocycles. The smallest absolute Gasteiger partial charge is 0.00202 e. The van der Waals surface area contributed by atoms with Gasteiger partial charge in [0.15, 0.2) is 0 Å². The maximum Gasteiger partial charge on any atom is -0.00202 e. The molecule has 0 aliphatic heterocycles. The lowest BCUT2D eigenvalue weighted by molar-refractivity contribution is -0.0474. The van der Waals surface area contributed by atoms with Gasteiger partial charge < -0.3 is 11.5 Å². The molecule has 0 amide bonds. The van der Waals surface area contributed by atoms with E-state index in [1.165, 1.54) is 32.1 Å². The molecule has 0 bridgehead atoms. The number of nitrogens with two attached hydrogens (primary N) is 2. The van der Waals surface area contributed by atoms with Crippen LogP contribution >= 0.6 is 0 Å². The van der Waals surface area contributed by atoms with Crippen LogP contribution in [0.1, 0.15) is 66.2 Å². The molecule has 0 spiro atoms. The standard InChI is InChI=1S/C22H38N2/c1-15(2)18-12-17-6-7-20-21(3,14-24)9-5-10-22(20,4)19(17)13-16(18)8-11-23/h6,12,15-16,19-20H,5,7-11,13-14,23-24H2,1-4H3/t16-,19+,20-,21-,22+/m0/s1. The van der Waals surface area contributed by atoms with Crippen LogP contribution in [0.3, 0.4) is 0 Å². The second-order valence-electron chi connectivity index (χ2n) is 9.57. The summed E-state index contributed by atoms with van der Waals surface area (Å²) in [6.07, 6.45) is 12.8. The van der Waals surface area contributed by atoms with E-state index in [0.29, 0.717) is 28.6 Å². The van der Waals surface area contributed by atoms with Crippen molar-refractivity contribution >= 4 is 0 Å². The first-order valence-electron chi connectivity index (χ1n) is 10.2. The van der Waals surface area contributed by atoms with Gasteiger partial charge in [-0.1, -0.05) is 51.8 Å². The third-order valence-electron chi connectivity index (χ3n) is 7.86. The fraction of sp³-hybridized carbons (Fsp3) is 0.818. The molecule has 3 aliphatic rings. The van der Waals surface area contributed by atoms with Gasteiger partial charge in [0.05, 0.1) is 0 Å². The monoisotopic (exact) mass is 330 g/mol. The van der Waals surface area contributed by atoms with E-state index >= 15 is 0 Å². The van der Waals surface area contributed by atoms with E-state index in [4.69, 9.17) is 11.5 Å². The molecule has 1 saturated carbocycles. The Balaban J connectivity index is 1.99. The first-order valence-corrected chi connectivity index (χ1v) is 10.2. The summed E-state index contributed by atoms with van der Waals surface area (Å²) in [5.41, 5.74) is 16.2. The fourth-order valence-corrected chi connectivity index (χ4v) is 6.43. The minimum Gasteiger partial charge on any atom is -0.330 e. The number of allylic oxidation sites excluding steroid dienone is 4. The van der Waals surface area contributed by atoms with Crippen LogP contribution in [-0.4, -0.2) is 13.1 Å². The van der Waals surface area contributed by atoms with Gasteiger partial charge in [-0.3, -0.25) is 0 Å². The van der Waals surface area contributed by atoms with Crippen molar-refractivity contribution in [2.75, 3.05) is 13.1 Å². The van der Waals surface area contributed by atoms with E-state index in [1.54, 1.807) is 11.1 Å². The maximum atomic E-state index is 6.26. The number of rotatable bonds is 4. The summed E-state index contributed by atoms with van der Waals surface area (Å²) >= 11 is 0. The van der Waals surface area contributed by atoms with Gasteiger partial charge in [0.1, 0.15) is 0 Å². The first kappa shape index (κ1) is 18.2. The zero-order chi connectivity index (χ0) is 17.5. The van der Waals surface area contributed by atoms with Crippen molar-refractivity contribution in [1.29, 1.82) is 0 Å². The summed E-state index contributed by atoms with van der Waals surface area (Å²) in [4.78, 5) is 0. The van der Waals surface area contributed by atoms with Crippen molar-refractivity contribution < 1.29 is 0 Å². The molecule has 4 N–H and O–H groups in total. The Morgan fingerprint density at radius 1 is 1.21 bits per heavy atom. The fourth-order valence-electron chi connectivity index (χ4n) is 6.43. The van der Waals surface area contributed by atoms with E-state index in [-0.39, 0.29) is 0 Å². The Labute approximate surface area is 149 Å². The summed E-state index contributed by atoms with van der Waals surface area (Å²) in [5.74, 6) is 2.76. The lowest BCUT2D eigenvalue weighted by atomic mass is 9.46. The molecule has 1 fully saturated rings. The topological polar surface area (TPSA) is 52.0 Å². The molecule has 2 heteroatoms. The molecular formula is C22H38N2. The summed E-state index contributed by atoms with van der Waals surface area (Å²) in [6, 6.07) is 0. The minimum absolute atomic E-state index is 0.320. The highest BCUT2D eigenvalue weighted by molar-refractivity contribution is 5.36. The molecule has 3 rings (SSSR count). The zero-order valence-corrected chi connectivity index (χ0v) is 16.3. The van der Waals surface area contributed by atoms with Crippen molar-refractivity contribution in [2.45, 2.75) is 66.2 Å². The highest BCUT2D eigenvalue weighted by Gasteiger charge is 2.54. The number of fused-ring (bicyclic) bond motifs is 3. The largest absolute Gasteiger partial charge is 0.330 e. The SMILES string of the molecule is CC(C)C1=CC2=CC[C@H]3[C@](C)(CN)CCC[C@]3(C)[C@@H]2C[C@@H]1CCN. The summed E-state index contributed by atoms with van der Waals surface area (Å²) < 4.78 is 0. The van der Waals surface area contributed by atoms with E-state index in [9.17, 15) is 0 Å². The van der Waals surface area contributed by atoms with E-state index in [1.807, 2.05) is 0 Å². The highest BCUT2D eigenvalue weighted by Crippen LogP contribution is 2.62. The molecule has 0 unspecified atom stereocenters. The normalized spacial score (nSPS) is 42.2. The second kappa shape index (κ2) is 6.61. The highest BCUT2D eigenvalue weighted by atomic mass is 14.7. The molecule has 0 aromatic rings. The Morgan fingerprint density at radius 2 is 1.96 bits per heavy atom. The van der Waals surface area contributed by atoms with Gasteiger partial charge in [0, 0.05) is 0 Å². The van der Waals surface area contributed by atoms with E-state index in [2.05, 4.69) is 39.8 Å². The molecule has 0 radical (unpaired) electrons. The molecule has 0 aromatic carbocycles. The van der Waals surface area contributed by atoms with Crippen molar-refractivity contribution in [1.82, 2.24) is 0 Å². The van der Waals surface area contributed by atoms with Crippen LogP contribution in [0, 0.1) is 34.5 Å². The molecule has 136 valence electrons. The van der Waals surface area contributed by atoms with Gasteiger partial charge in [0.2, 0.25) is 0 Å². The molecular weight excluding hydrogens is 292 g/mol. The van der Waals surface area contributed by atoms with Crippen LogP contribution in [0.4, 0.5) is 0 Å². The van der Waals surface area contributed by atoms with Gasteiger partial charge >= 0.3 is 0 Å². The van der Waals surface area contributed by atoms with Crippen LogP contribution in [0.5, 0.6) is 0 Å². The summed E-state index contributed by atoms with van der Waals surface area (Å²) in [6.45, 7) is 11.4.